The molecule has 0 saturated carbocycles. The van der Waals surface area contributed by atoms with Crippen LogP contribution in [0.1, 0.15) is 5.56 Å². The highest BCUT2D eigenvalue weighted by molar-refractivity contribution is 7.80. The summed E-state index contributed by atoms with van der Waals surface area (Å²) in [6, 6.07) is 9.74. The number of hydrogen-bond acceptors (Lipinski definition) is 3. The van der Waals surface area contributed by atoms with Gasteiger partial charge in [0.2, 0.25) is 6.41 Å². The molecule has 0 aliphatic carbocycles. The van der Waals surface area contributed by atoms with Crippen molar-refractivity contribution in [3.8, 4) is 0 Å². The van der Waals surface area contributed by atoms with E-state index in [1.807, 2.05) is 30.3 Å². The van der Waals surface area contributed by atoms with E-state index in [-0.39, 0.29) is 6.41 Å². The summed E-state index contributed by atoms with van der Waals surface area (Å²) in [6.07, 6.45) is -0.386. The lowest BCUT2D eigenvalue weighted by Gasteiger charge is -2.13. The zero-order valence-electron chi connectivity index (χ0n) is 7.60. The van der Waals surface area contributed by atoms with Crippen molar-refractivity contribution >= 4 is 17.2 Å². The zero-order valence-corrected chi connectivity index (χ0v) is 8.42. The van der Waals surface area contributed by atoms with Crippen LogP contribution in [0.3, 0.4) is 0 Å². The molecule has 1 aliphatic heterocycles. The summed E-state index contributed by atoms with van der Waals surface area (Å²) in [5.41, 5.74) is 0.974. The lowest BCUT2D eigenvalue weighted by atomic mass is 10.2. The molecule has 1 aromatic rings. The van der Waals surface area contributed by atoms with Gasteiger partial charge in [0.1, 0.15) is 4.99 Å². The first-order chi connectivity index (χ1) is 6.86. The summed E-state index contributed by atoms with van der Waals surface area (Å²) in [4.78, 5) is 0.650. The van der Waals surface area contributed by atoms with E-state index in [1.54, 1.807) is 0 Å². The Bertz CT molecular complexity index is 309. The first-order valence-electron chi connectivity index (χ1n) is 4.45. The normalized spacial score (nSPS) is 16.9. The van der Waals surface area contributed by atoms with Crippen molar-refractivity contribution < 1.29 is 9.47 Å². The smallest absolute Gasteiger partial charge is 0.238 e. The molecule has 74 valence electrons. The Labute approximate surface area is 88.0 Å². The van der Waals surface area contributed by atoms with E-state index in [2.05, 4.69) is 5.32 Å². The maximum atomic E-state index is 5.22. The standard InChI is InChI=1S/C10H11NO2S/c14-9(8-4-2-1-3-5-8)11-10-12-6-7-13-10/h1-5,10H,6-7H2,(H,11,14). The van der Waals surface area contributed by atoms with Gasteiger partial charge in [-0.05, 0) is 0 Å². The van der Waals surface area contributed by atoms with Crippen molar-refractivity contribution in [2.24, 2.45) is 0 Å². The number of benzene rings is 1. The summed E-state index contributed by atoms with van der Waals surface area (Å²) in [5.74, 6) is 0. The molecule has 1 heterocycles. The SMILES string of the molecule is S=C(NC1OCCO1)c1ccccc1. The molecule has 1 aliphatic rings. The Morgan fingerprint density at radius 3 is 2.50 bits per heavy atom. The second kappa shape index (κ2) is 4.50. The molecule has 0 bridgehead atoms. The van der Waals surface area contributed by atoms with Crippen LogP contribution < -0.4 is 5.32 Å². The summed E-state index contributed by atoms with van der Waals surface area (Å²) in [5, 5.41) is 2.98. The van der Waals surface area contributed by atoms with Gasteiger partial charge in [0.05, 0.1) is 13.2 Å². The fraction of sp³-hybridized carbons (Fsp3) is 0.300. The molecule has 0 radical (unpaired) electrons. The topological polar surface area (TPSA) is 30.5 Å². The van der Waals surface area contributed by atoms with Gasteiger partial charge in [-0.25, -0.2) is 0 Å². The molecule has 0 atom stereocenters. The largest absolute Gasteiger partial charge is 0.333 e. The fourth-order valence-corrected chi connectivity index (χ4v) is 1.45. The van der Waals surface area contributed by atoms with Crippen LogP contribution in [0.5, 0.6) is 0 Å². The second-order valence-electron chi connectivity index (χ2n) is 2.91. The molecular formula is C10H11NO2S. The van der Waals surface area contributed by atoms with Gasteiger partial charge in [-0.15, -0.1) is 0 Å². The molecule has 14 heavy (non-hydrogen) atoms. The van der Waals surface area contributed by atoms with Crippen LogP contribution in [0.15, 0.2) is 30.3 Å². The average molecular weight is 209 g/mol. The van der Waals surface area contributed by atoms with Gasteiger partial charge in [-0.3, -0.25) is 0 Å². The van der Waals surface area contributed by atoms with E-state index in [1.165, 1.54) is 0 Å². The quantitative estimate of drug-likeness (QED) is 0.743. The third-order valence-corrected chi connectivity index (χ3v) is 2.26. The Morgan fingerprint density at radius 2 is 1.86 bits per heavy atom. The number of hydrogen-bond donors (Lipinski definition) is 1. The highest BCUT2D eigenvalue weighted by Gasteiger charge is 2.16. The molecule has 0 spiro atoms. The van der Waals surface area contributed by atoms with E-state index >= 15 is 0 Å². The second-order valence-corrected chi connectivity index (χ2v) is 3.32. The van der Waals surface area contributed by atoms with E-state index in [4.69, 9.17) is 21.7 Å². The van der Waals surface area contributed by atoms with Crippen LogP contribution in [0.25, 0.3) is 0 Å². The number of thiocarbonyl (C=S) groups is 1. The monoisotopic (exact) mass is 209 g/mol. The minimum Gasteiger partial charge on any atom is -0.333 e. The number of nitrogens with one attached hydrogen (secondary N) is 1. The molecule has 4 heteroatoms. The van der Waals surface area contributed by atoms with E-state index in [0.717, 1.165) is 5.56 Å². The zero-order chi connectivity index (χ0) is 9.80. The van der Waals surface area contributed by atoms with E-state index < -0.39 is 0 Å². The van der Waals surface area contributed by atoms with E-state index in [9.17, 15) is 0 Å². The molecule has 3 nitrogen and oxygen atoms in total. The Morgan fingerprint density at radius 1 is 1.21 bits per heavy atom. The number of rotatable bonds is 2. The minimum absolute atomic E-state index is 0.386. The molecule has 1 saturated heterocycles. The first-order valence-corrected chi connectivity index (χ1v) is 4.86. The maximum Gasteiger partial charge on any atom is 0.238 e. The molecular weight excluding hydrogens is 198 g/mol. The van der Waals surface area contributed by atoms with Gasteiger partial charge in [-0.2, -0.15) is 0 Å². The highest BCUT2D eigenvalue weighted by atomic mass is 32.1. The summed E-state index contributed by atoms with van der Waals surface area (Å²) in [6.45, 7) is 1.24. The summed E-state index contributed by atoms with van der Waals surface area (Å²) < 4.78 is 10.4. The molecule has 1 N–H and O–H groups in total. The Kier molecular flexibility index (Phi) is 3.08. The molecule has 0 aromatic heterocycles. The predicted octanol–water partition coefficient (Wildman–Crippen LogP) is 1.28. The fourth-order valence-electron chi connectivity index (χ4n) is 1.22. The van der Waals surface area contributed by atoms with Crippen LogP contribution in [-0.2, 0) is 9.47 Å². The minimum atomic E-state index is -0.386. The van der Waals surface area contributed by atoms with Crippen molar-refractivity contribution in [1.29, 1.82) is 0 Å². The third-order valence-electron chi connectivity index (χ3n) is 1.91. The maximum absolute atomic E-state index is 5.22. The summed E-state index contributed by atoms with van der Waals surface area (Å²) in [7, 11) is 0. The van der Waals surface area contributed by atoms with Gasteiger partial charge >= 0.3 is 0 Å². The van der Waals surface area contributed by atoms with Crippen LogP contribution in [0, 0.1) is 0 Å². The van der Waals surface area contributed by atoms with Crippen LogP contribution in [0.4, 0.5) is 0 Å². The Hall–Kier alpha value is -0.970. The van der Waals surface area contributed by atoms with Gasteiger partial charge in [0.25, 0.3) is 0 Å². The van der Waals surface area contributed by atoms with Gasteiger partial charge < -0.3 is 14.8 Å². The molecule has 1 aromatic carbocycles. The lowest BCUT2D eigenvalue weighted by molar-refractivity contribution is -0.0515. The van der Waals surface area contributed by atoms with Crippen molar-refractivity contribution in [2.45, 2.75) is 6.41 Å². The first kappa shape index (κ1) is 9.58. The van der Waals surface area contributed by atoms with Crippen molar-refractivity contribution in [1.82, 2.24) is 5.32 Å². The average Bonchev–Trinajstić information content (AvgIpc) is 2.72. The molecule has 1 fully saturated rings. The molecule has 0 unspecified atom stereocenters. The van der Waals surface area contributed by atoms with Gasteiger partial charge in [0, 0.05) is 5.56 Å². The van der Waals surface area contributed by atoms with Crippen LogP contribution in [-0.4, -0.2) is 24.6 Å². The van der Waals surface area contributed by atoms with Crippen molar-refractivity contribution in [3.63, 3.8) is 0 Å². The Balaban J connectivity index is 1.95. The van der Waals surface area contributed by atoms with Gasteiger partial charge in [0.15, 0.2) is 0 Å². The molecule has 0 amide bonds. The van der Waals surface area contributed by atoms with Crippen molar-refractivity contribution in [2.75, 3.05) is 13.2 Å². The molecule has 2 rings (SSSR count). The van der Waals surface area contributed by atoms with Crippen molar-refractivity contribution in [3.05, 3.63) is 35.9 Å². The third kappa shape index (κ3) is 2.29. The lowest BCUT2D eigenvalue weighted by Crippen LogP contribution is -2.34. The van der Waals surface area contributed by atoms with E-state index in [0.29, 0.717) is 18.2 Å². The predicted molar refractivity (Wildman–Crippen MR) is 57.0 cm³/mol. The van der Waals surface area contributed by atoms with Crippen LogP contribution >= 0.6 is 12.2 Å². The highest BCUT2D eigenvalue weighted by Crippen LogP contribution is 2.04. The van der Waals surface area contributed by atoms with Gasteiger partial charge in [-0.1, -0.05) is 42.5 Å². The van der Waals surface area contributed by atoms with Crippen LogP contribution in [0.2, 0.25) is 0 Å². The summed E-state index contributed by atoms with van der Waals surface area (Å²) >= 11 is 5.19. The number of ether oxygens (including phenoxy) is 2.